The van der Waals surface area contributed by atoms with E-state index in [4.69, 9.17) is 10.5 Å². The van der Waals surface area contributed by atoms with Gasteiger partial charge in [-0.25, -0.2) is 18.7 Å². The monoisotopic (exact) mass is 523 g/mol. The second-order valence-corrected chi connectivity index (χ2v) is 10.6. The molecule has 0 aliphatic heterocycles. The molecule has 3 aromatic rings. The number of halogens is 1. The van der Waals surface area contributed by atoms with Crippen LogP contribution in [0.1, 0.15) is 82.4 Å². The minimum Gasteiger partial charge on any atom is -0.477 e. The number of esters is 1. The molecule has 2 aromatic heterocycles. The Morgan fingerprint density at radius 1 is 1.16 bits per heavy atom. The second kappa shape index (κ2) is 9.46. The number of hydrogen-bond donors (Lipinski definition) is 3. The standard InChI is InChI=1S/C27H30FN5O5/c1-15-11-16(3-4-17(15)28)22(29)18-13-21-31-19(24(35)36)12-20(33(21)32-18)23(34)30-14-26-5-8-27(9-6-26,10-7-26)25(37)38-2/h3-4,11-13,22H,5-10,14,29H2,1-2H3,(H,30,34)(H,35,36). The lowest BCUT2D eigenvalue weighted by Gasteiger charge is -2.51. The molecule has 10 nitrogen and oxygen atoms in total. The zero-order chi connectivity index (χ0) is 27.2. The van der Waals surface area contributed by atoms with E-state index in [-0.39, 0.29) is 34.2 Å². The van der Waals surface area contributed by atoms with E-state index < -0.39 is 23.3 Å². The van der Waals surface area contributed by atoms with E-state index >= 15 is 0 Å². The predicted molar refractivity (Wildman–Crippen MR) is 134 cm³/mol. The Labute approximate surface area is 218 Å². The first-order chi connectivity index (χ1) is 18.1. The zero-order valence-electron chi connectivity index (χ0n) is 21.3. The number of aromatic nitrogens is 3. The van der Waals surface area contributed by atoms with Crippen molar-refractivity contribution in [1.82, 2.24) is 19.9 Å². The van der Waals surface area contributed by atoms with Gasteiger partial charge in [-0.05, 0) is 68.1 Å². The summed E-state index contributed by atoms with van der Waals surface area (Å²) in [5.74, 6) is -2.27. The van der Waals surface area contributed by atoms with Gasteiger partial charge in [0.05, 0.1) is 24.3 Å². The fourth-order valence-corrected chi connectivity index (χ4v) is 5.86. The number of methoxy groups -OCH3 is 1. The number of carboxylic acid groups (broad SMARTS) is 1. The molecule has 38 heavy (non-hydrogen) atoms. The summed E-state index contributed by atoms with van der Waals surface area (Å²) in [5, 5.41) is 17.0. The lowest BCUT2D eigenvalue weighted by Crippen LogP contribution is -2.50. The maximum Gasteiger partial charge on any atom is 0.354 e. The number of nitrogens with one attached hydrogen (secondary N) is 1. The van der Waals surface area contributed by atoms with Crippen LogP contribution in [0.4, 0.5) is 4.39 Å². The molecule has 0 spiro atoms. The number of nitrogens with two attached hydrogens (primary N) is 1. The Kier molecular flexibility index (Phi) is 6.42. The molecule has 1 atom stereocenters. The highest BCUT2D eigenvalue weighted by molar-refractivity contribution is 5.96. The van der Waals surface area contributed by atoms with Crippen molar-refractivity contribution < 1.29 is 28.6 Å². The summed E-state index contributed by atoms with van der Waals surface area (Å²) in [6.45, 7) is 2.03. The number of amides is 1. The van der Waals surface area contributed by atoms with E-state index in [0.29, 0.717) is 23.4 Å². The van der Waals surface area contributed by atoms with Crippen molar-refractivity contribution in [2.75, 3.05) is 13.7 Å². The third kappa shape index (κ3) is 4.40. The molecular formula is C27H30FN5O5. The molecule has 0 radical (unpaired) electrons. The number of rotatable bonds is 7. The number of benzene rings is 1. The summed E-state index contributed by atoms with van der Waals surface area (Å²) in [6.07, 6.45) is 4.57. The van der Waals surface area contributed by atoms with Crippen LogP contribution >= 0.6 is 0 Å². The van der Waals surface area contributed by atoms with E-state index in [9.17, 15) is 23.9 Å². The lowest BCUT2D eigenvalue weighted by atomic mass is 9.53. The molecule has 6 rings (SSSR count). The average Bonchev–Trinajstić information content (AvgIpc) is 3.37. The highest BCUT2D eigenvalue weighted by Gasteiger charge is 2.53. The fraction of sp³-hybridized carbons (Fsp3) is 0.444. The summed E-state index contributed by atoms with van der Waals surface area (Å²) in [4.78, 5) is 41.5. The van der Waals surface area contributed by atoms with Crippen LogP contribution in [0.2, 0.25) is 0 Å². The van der Waals surface area contributed by atoms with Crippen molar-refractivity contribution in [2.24, 2.45) is 16.6 Å². The topological polar surface area (TPSA) is 149 Å². The minimum atomic E-state index is -1.28. The molecule has 1 aromatic carbocycles. The van der Waals surface area contributed by atoms with Crippen molar-refractivity contribution >= 4 is 23.5 Å². The molecule has 3 aliphatic rings. The highest BCUT2D eigenvalue weighted by atomic mass is 19.1. The number of nitrogens with zero attached hydrogens (tertiary/aromatic N) is 3. The Morgan fingerprint density at radius 3 is 2.45 bits per heavy atom. The van der Waals surface area contributed by atoms with Gasteiger partial charge in [0.15, 0.2) is 11.3 Å². The van der Waals surface area contributed by atoms with Gasteiger partial charge in [-0.2, -0.15) is 5.10 Å². The number of carbonyl (C=O) groups is 3. The molecule has 4 N–H and O–H groups in total. The van der Waals surface area contributed by atoms with Crippen LogP contribution in [0.25, 0.3) is 5.65 Å². The SMILES string of the molecule is COC(=O)C12CCC(CNC(=O)c3cc(C(=O)O)nc4cc(C(N)c5ccc(F)c(C)c5)nn34)(CC1)CC2. The van der Waals surface area contributed by atoms with Crippen LogP contribution in [0.5, 0.6) is 0 Å². The van der Waals surface area contributed by atoms with Gasteiger partial charge in [0.25, 0.3) is 5.91 Å². The first-order valence-electron chi connectivity index (χ1n) is 12.6. The first kappa shape index (κ1) is 25.8. The van der Waals surface area contributed by atoms with Crippen LogP contribution < -0.4 is 11.1 Å². The van der Waals surface area contributed by atoms with Crippen molar-refractivity contribution in [2.45, 2.75) is 51.5 Å². The number of hydrogen-bond acceptors (Lipinski definition) is 7. The Balaban J connectivity index is 1.40. The number of fused-ring (bicyclic) bond motifs is 4. The van der Waals surface area contributed by atoms with Gasteiger partial charge in [0.2, 0.25) is 0 Å². The molecule has 3 aliphatic carbocycles. The van der Waals surface area contributed by atoms with Crippen molar-refractivity contribution in [3.05, 3.63) is 64.4 Å². The third-order valence-electron chi connectivity index (χ3n) is 8.40. The quantitative estimate of drug-likeness (QED) is 0.400. The van der Waals surface area contributed by atoms with E-state index in [2.05, 4.69) is 15.4 Å². The molecule has 3 fully saturated rings. The Hall–Kier alpha value is -3.86. The highest BCUT2D eigenvalue weighted by Crippen LogP contribution is 2.57. The minimum absolute atomic E-state index is 0.0214. The van der Waals surface area contributed by atoms with E-state index in [1.54, 1.807) is 19.1 Å². The van der Waals surface area contributed by atoms with Gasteiger partial charge in [-0.15, -0.1) is 0 Å². The predicted octanol–water partition coefficient (Wildman–Crippen LogP) is 3.17. The van der Waals surface area contributed by atoms with Gasteiger partial charge >= 0.3 is 11.9 Å². The summed E-state index contributed by atoms with van der Waals surface area (Å²) in [5.41, 5.74) is 7.15. The Bertz CT molecular complexity index is 1430. The smallest absolute Gasteiger partial charge is 0.354 e. The zero-order valence-corrected chi connectivity index (χ0v) is 21.3. The number of carbonyl (C=O) groups excluding carboxylic acids is 2. The Morgan fingerprint density at radius 2 is 1.84 bits per heavy atom. The van der Waals surface area contributed by atoms with Crippen LogP contribution in [0.3, 0.4) is 0 Å². The van der Waals surface area contributed by atoms with E-state index in [1.165, 1.54) is 29.8 Å². The van der Waals surface area contributed by atoms with Crippen molar-refractivity contribution in [3.8, 4) is 0 Å². The molecule has 2 bridgehead atoms. The fourth-order valence-electron chi connectivity index (χ4n) is 5.86. The molecule has 3 saturated carbocycles. The number of aromatic carboxylic acids is 1. The molecule has 11 heteroatoms. The number of carboxylic acids is 1. The molecular weight excluding hydrogens is 493 g/mol. The summed E-state index contributed by atoms with van der Waals surface area (Å²) < 4.78 is 20.1. The number of aryl methyl sites for hydroxylation is 1. The summed E-state index contributed by atoms with van der Waals surface area (Å²) >= 11 is 0. The van der Waals surface area contributed by atoms with Gasteiger partial charge in [-0.3, -0.25) is 9.59 Å². The largest absolute Gasteiger partial charge is 0.477 e. The van der Waals surface area contributed by atoms with Crippen LogP contribution in [0.15, 0.2) is 30.3 Å². The molecule has 1 unspecified atom stereocenters. The first-order valence-corrected chi connectivity index (χ1v) is 12.6. The molecule has 2 heterocycles. The molecule has 0 saturated heterocycles. The van der Waals surface area contributed by atoms with Crippen molar-refractivity contribution in [3.63, 3.8) is 0 Å². The van der Waals surface area contributed by atoms with E-state index in [1.807, 2.05) is 0 Å². The summed E-state index contributed by atoms with van der Waals surface area (Å²) in [7, 11) is 1.42. The van der Waals surface area contributed by atoms with Crippen LogP contribution in [0, 0.1) is 23.6 Å². The summed E-state index contributed by atoms with van der Waals surface area (Å²) in [6, 6.07) is 6.49. The third-order valence-corrected chi connectivity index (χ3v) is 8.40. The van der Waals surface area contributed by atoms with Gasteiger partial charge in [-0.1, -0.05) is 12.1 Å². The normalized spacial score (nSPS) is 23.3. The van der Waals surface area contributed by atoms with Gasteiger partial charge in [0.1, 0.15) is 11.5 Å². The maximum absolute atomic E-state index is 13.7. The van der Waals surface area contributed by atoms with Crippen LogP contribution in [-0.2, 0) is 9.53 Å². The average molecular weight is 524 g/mol. The lowest BCUT2D eigenvalue weighted by molar-refractivity contribution is -0.162. The molecule has 1 amide bonds. The van der Waals surface area contributed by atoms with E-state index in [0.717, 1.165) is 38.5 Å². The number of ether oxygens (including phenoxy) is 1. The van der Waals surface area contributed by atoms with Gasteiger partial charge in [0, 0.05) is 18.7 Å². The van der Waals surface area contributed by atoms with Crippen molar-refractivity contribution in [1.29, 1.82) is 0 Å². The van der Waals surface area contributed by atoms with Crippen LogP contribution in [-0.4, -0.2) is 51.2 Å². The molecule has 200 valence electrons. The second-order valence-electron chi connectivity index (χ2n) is 10.6. The maximum atomic E-state index is 13.7. The van der Waals surface area contributed by atoms with Gasteiger partial charge < -0.3 is 20.9 Å².